The summed E-state index contributed by atoms with van der Waals surface area (Å²) in [5, 5.41) is 15.9. The van der Waals surface area contributed by atoms with E-state index in [2.05, 4.69) is 20.5 Å². The molecule has 4 rings (SSSR count). The highest BCUT2D eigenvalue weighted by atomic mass is 35.5. The number of likely N-dealkylation sites (tertiary alicyclic amines) is 1. The second-order valence-corrected chi connectivity index (χ2v) is 9.67. The van der Waals surface area contributed by atoms with Crippen LogP contribution in [0.3, 0.4) is 0 Å². The minimum absolute atomic E-state index is 0.304. The van der Waals surface area contributed by atoms with Crippen LogP contribution in [-0.2, 0) is 4.79 Å². The zero-order chi connectivity index (χ0) is 24.1. The minimum atomic E-state index is -1.52. The fourth-order valence-electron chi connectivity index (χ4n) is 4.35. The van der Waals surface area contributed by atoms with Crippen LogP contribution in [0.25, 0.3) is 0 Å². The number of amides is 1. The van der Waals surface area contributed by atoms with E-state index in [-0.39, 0.29) is 12.3 Å². The monoisotopic (exact) mass is 498 g/mol. The van der Waals surface area contributed by atoms with Gasteiger partial charge in [-0.05, 0) is 48.9 Å². The van der Waals surface area contributed by atoms with Gasteiger partial charge in [0, 0.05) is 29.1 Å². The van der Waals surface area contributed by atoms with Crippen molar-refractivity contribution in [1.82, 2.24) is 15.5 Å². The third-order valence-corrected chi connectivity index (χ3v) is 7.34. The van der Waals surface area contributed by atoms with Gasteiger partial charge in [-0.15, -0.1) is 11.8 Å². The summed E-state index contributed by atoms with van der Waals surface area (Å²) in [5.74, 6) is -0.668. The van der Waals surface area contributed by atoms with E-state index in [1.807, 2.05) is 48.7 Å². The number of benzene rings is 2. The normalized spacial score (nSPS) is 20.7. The zero-order valence-electron chi connectivity index (χ0n) is 18.8. The molecule has 1 fully saturated rings. The third kappa shape index (κ3) is 5.08. The number of carbonyl (C=O) groups is 2. The fraction of sp³-hybridized carbons (Fsp3) is 0.320. The topological polar surface area (TPSA) is 94.0 Å². The van der Waals surface area contributed by atoms with Crippen molar-refractivity contribution in [3.05, 3.63) is 77.1 Å². The molecule has 7 nitrogen and oxygen atoms in total. The van der Waals surface area contributed by atoms with Gasteiger partial charge in [-0.2, -0.15) is 0 Å². The number of hydrogen-bond donors (Lipinski definition) is 3. The van der Waals surface area contributed by atoms with Crippen molar-refractivity contribution in [2.75, 3.05) is 19.3 Å². The minimum Gasteiger partial charge on any atom is -0.481 e. The summed E-state index contributed by atoms with van der Waals surface area (Å²) < 4.78 is 0. The number of rotatable bonds is 8. The lowest BCUT2D eigenvalue weighted by atomic mass is 9.89. The first-order chi connectivity index (χ1) is 16.4. The molecule has 0 spiro atoms. The van der Waals surface area contributed by atoms with Gasteiger partial charge in [-0.25, -0.2) is 4.99 Å². The highest BCUT2D eigenvalue weighted by Crippen LogP contribution is 2.44. The summed E-state index contributed by atoms with van der Waals surface area (Å²) in [7, 11) is 0. The van der Waals surface area contributed by atoms with E-state index in [4.69, 9.17) is 11.6 Å². The molecule has 0 aromatic heterocycles. The van der Waals surface area contributed by atoms with E-state index in [1.54, 1.807) is 23.9 Å². The summed E-state index contributed by atoms with van der Waals surface area (Å²) >= 11 is 8.83. The Morgan fingerprint density at radius 2 is 1.85 bits per heavy atom. The molecule has 2 aliphatic rings. The molecule has 0 saturated carbocycles. The number of halogens is 1. The van der Waals surface area contributed by atoms with Crippen LogP contribution in [0.2, 0.25) is 0 Å². The Morgan fingerprint density at radius 3 is 2.47 bits per heavy atom. The van der Waals surface area contributed by atoms with Crippen LogP contribution in [0.15, 0.2) is 75.9 Å². The SMILES string of the molecule is CSc1ccc(C(=O)NC(c2ccccc2)C2(Cl)N=CNC(N3CCCC3)=C2CC(=O)O)cc1. The van der Waals surface area contributed by atoms with Crippen LogP contribution < -0.4 is 10.6 Å². The maximum atomic E-state index is 13.3. The first kappa shape index (κ1) is 24.2. The number of hydrogen-bond acceptors (Lipinski definition) is 6. The molecule has 2 atom stereocenters. The molecule has 9 heteroatoms. The van der Waals surface area contributed by atoms with Crippen LogP contribution >= 0.6 is 23.4 Å². The number of nitrogens with one attached hydrogen (secondary N) is 2. The van der Waals surface area contributed by atoms with Crippen molar-refractivity contribution in [2.45, 2.75) is 35.2 Å². The van der Waals surface area contributed by atoms with E-state index in [9.17, 15) is 14.7 Å². The Morgan fingerprint density at radius 1 is 1.18 bits per heavy atom. The lowest BCUT2D eigenvalue weighted by Crippen LogP contribution is -2.48. The molecule has 1 amide bonds. The second-order valence-electron chi connectivity index (χ2n) is 8.21. The second kappa shape index (κ2) is 10.5. The molecule has 178 valence electrons. The standard InChI is InChI=1S/C25H27ClN4O3S/c1-34-19-11-9-18(10-12-19)24(33)29-22(17-7-3-2-4-8-17)25(26)20(15-21(31)32)23(27-16-28-25)30-13-5-6-14-30/h2-4,7-12,16,22H,5-6,13-15H2,1H3,(H,27,28)(H,29,33)(H,31,32). The Balaban J connectivity index is 1.77. The van der Waals surface area contributed by atoms with Crippen LogP contribution in [0, 0.1) is 0 Å². The molecule has 2 heterocycles. The van der Waals surface area contributed by atoms with Gasteiger partial charge < -0.3 is 20.6 Å². The van der Waals surface area contributed by atoms with Gasteiger partial charge in [0.15, 0.2) is 5.00 Å². The largest absolute Gasteiger partial charge is 0.481 e. The van der Waals surface area contributed by atoms with Crippen LogP contribution in [0.1, 0.15) is 41.2 Å². The van der Waals surface area contributed by atoms with Crippen molar-refractivity contribution < 1.29 is 14.7 Å². The number of carbonyl (C=O) groups excluding carboxylic acids is 1. The molecule has 0 radical (unpaired) electrons. The van der Waals surface area contributed by atoms with E-state index < -0.39 is 17.0 Å². The number of carboxylic acid groups (broad SMARTS) is 1. The molecule has 0 bridgehead atoms. The Bertz CT molecular complexity index is 1100. The maximum Gasteiger partial charge on any atom is 0.307 e. The fourth-order valence-corrected chi connectivity index (χ4v) is 5.15. The van der Waals surface area contributed by atoms with Crippen molar-refractivity contribution in [2.24, 2.45) is 4.99 Å². The van der Waals surface area contributed by atoms with Gasteiger partial charge in [0.2, 0.25) is 0 Å². The number of alkyl halides is 1. The summed E-state index contributed by atoms with van der Waals surface area (Å²) in [4.78, 5) is 31.4. The lowest BCUT2D eigenvalue weighted by molar-refractivity contribution is -0.136. The number of aliphatic imine (C=N–C) groups is 1. The van der Waals surface area contributed by atoms with Crippen molar-refractivity contribution in [3.8, 4) is 0 Å². The highest BCUT2D eigenvalue weighted by molar-refractivity contribution is 7.98. The van der Waals surface area contributed by atoms with Crippen molar-refractivity contribution in [1.29, 1.82) is 0 Å². The lowest BCUT2D eigenvalue weighted by Gasteiger charge is -2.40. The zero-order valence-corrected chi connectivity index (χ0v) is 20.4. The molecule has 0 aliphatic carbocycles. The molecule has 3 N–H and O–H groups in total. The molecule has 2 aliphatic heterocycles. The summed E-state index contributed by atoms with van der Waals surface area (Å²) in [6.07, 6.45) is 5.20. The molecule has 34 heavy (non-hydrogen) atoms. The van der Waals surface area contributed by atoms with E-state index >= 15 is 0 Å². The predicted octanol–water partition coefficient (Wildman–Crippen LogP) is 4.23. The number of aliphatic carboxylic acids is 1. The number of nitrogens with zero attached hydrogens (tertiary/aromatic N) is 2. The van der Waals surface area contributed by atoms with Gasteiger partial charge in [0.05, 0.1) is 18.8 Å². The molecular weight excluding hydrogens is 472 g/mol. The smallest absolute Gasteiger partial charge is 0.307 e. The first-order valence-corrected chi connectivity index (χ1v) is 12.7. The molecule has 2 aromatic rings. The summed E-state index contributed by atoms with van der Waals surface area (Å²) in [5.41, 5.74) is 1.65. The average Bonchev–Trinajstić information content (AvgIpc) is 3.39. The number of thioether (sulfide) groups is 1. The van der Waals surface area contributed by atoms with Crippen molar-refractivity contribution >= 4 is 41.6 Å². The van der Waals surface area contributed by atoms with E-state index in [0.717, 1.165) is 36.4 Å². The molecule has 2 aromatic carbocycles. The highest BCUT2D eigenvalue weighted by Gasteiger charge is 2.46. The Labute approximate surface area is 208 Å². The Hall–Kier alpha value is -2.97. The van der Waals surface area contributed by atoms with Gasteiger partial charge in [0.1, 0.15) is 5.82 Å². The van der Waals surface area contributed by atoms with Gasteiger partial charge >= 0.3 is 5.97 Å². The van der Waals surface area contributed by atoms with E-state index in [0.29, 0.717) is 17.0 Å². The molecule has 1 saturated heterocycles. The number of carboxylic acids is 1. The van der Waals surface area contributed by atoms with E-state index in [1.165, 1.54) is 6.34 Å². The molecular formula is C25H27ClN4O3S. The summed E-state index contributed by atoms with van der Waals surface area (Å²) in [6.45, 7) is 1.60. The molecule has 2 unspecified atom stereocenters. The Kier molecular flexibility index (Phi) is 7.48. The quantitative estimate of drug-likeness (QED) is 0.286. The van der Waals surface area contributed by atoms with Crippen LogP contribution in [0.5, 0.6) is 0 Å². The average molecular weight is 499 g/mol. The first-order valence-electron chi connectivity index (χ1n) is 11.1. The van der Waals surface area contributed by atoms with Crippen molar-refractivity contribution in [3.63, 3.8) is 0 Å². The maximum absolute atomic E-state index is 13.3. The van der Waals surface area contributed by atoms with Gasteiger partial charge in [-0.1, -0.05) is 41.9 Å². The third-order valence-electron chi connectivity index (χ3n) is 6.06. The van der Waals surface area contributed by atoms with Crippen LogP contribution in [-0.4, -0.2) is 52.6 Å². The van der Waals surface area contributed by atoms with Crippen LogP contribution in [0.4, 0.5) is 0 Å². The van der Waals surface area contributed by atoms with Gasteiger partial charge in [-0.3, -0.25) is 9.59 Å². The predicted molar refractivity (Wildman–Crippen MR) is 135 cm³/mol. The summed E-state index contributed by atoms with van der Waals surface area (Å²) in [6, 6.07) is 15.8. The van der Waals surface area contributed by atoms with Gasteiger partial charge in [0.25, 0.3) is 5.91 Å².